The number of hydrogen-bond acceptors (Lipinski definition) is 3. The summed E-state index contributed by atoms with van der Waals surface area (Å²) in [6.07, 6.45) is 0. The van der Waals surface area contributed by atoms with Gasteiger partial charge in [0.1, 0.15) is 11.3 Å². The van der Waals surface area contributed by atoms with Crippen molar-refractivity contribution in [2.24, 2.45) is 7.05 Å². The second-order valence-electron chi connectivity index (χ2n) is 4.49. The van der Waals surface area contributed by atoms with Gasteiger partial charge >= 0.3 is 0 Å². The molecule has 96 valence electrons. The molecule has 0 aliphatic heterocycles. The van der Waals surface area contributed by atoms with E-state index in [4.69, 9.17) is 23.1 Å². The minimum atomic E-state index is 0.562. The maximum absolute atomic E-state index is 6.18. The molecule has 19 heavy (non-hydrogen) atoms. The van der Waals surface area contributed by atoms with Gasteiger partial charge in [-0.3, -0.25) is 0 Å². The summed E-state index contributed by atoms with van der Waals surface area (Å²) in [6.45, 7) is 0. The number of fused-ring (bicyclic) bond motifs is 1. The van der Waals surface area contributed by atoms with Crippen LogP contribution in [0.1, 0.15) is 0 Å². The van der Waals surface area contributed by atoms with Crippen LogP contribution in [0.4, 0.5) is 11.4 Å². The molecule has 0 aliphatic rings. The van der Waals surface area contributed by atoms with E-state index in [-0.39, 0.29) is 0 Å². The maximum atomic E-state index is 6.18. The first-order chi connectivity index (χ1) is 9.06. The molecule has 1 aromatic heterocycles. The van der Waals surface area contributed by atoms with Crippen molar-refractivity contribution >= 4 is 34.0 Å². The molecule has 5 heteroatoms. The van der Waals surface area contributed by atoms with Gasteiger partial charge in [0.2, 0.25) is 0 Å². The number of aromatic nitrogens is 2. The Bertz CT molecular complexity index is 759. The van der Waals surface area contributed by atoms with Crippen molar-refractivity contribution in [3.63, 3.8) is 0 Å². The average Bonchev–Trinajstić information content (AvgIpc) is 2.69. The maximum Gasteiger partial charge on any atom is 0.140 e. The fourth-order valence-electron chi connectivity index (χ4n) is 2.16. The van der Waals surface area contributed by atoms with E-state index in [1.807, 2.05) is 41.9 Å². The Morgan fingerprint density at radius 3 is 2.42 bits per heavy atom. The topological polar surface area (TPSA) is 69.9 Å². The average molecular weight is 273 g/mol. The Hall–Kier alpha value is -2.20. The highest BCUT2D eigenvalue weighted by Gasteiger charge is 2.12. The summed E-state index contributed by atoms with van der Waals surface area (Å²) in [5.74, 6) is 0.836. The Balaban J connectivity index is 2.28. The molecule has 0 fully saturated rings. The fourth-order valence-corrected chi connectivity index (χ4v) is 2.42. The molecule has 0 atom stereocenters. The highest BCUT2D eigenvalue weighted by atomic mass is 35.5. The van der Waals surface area contributed by atoms with Crippen molar-refractivity contribution in [1.82, 2.24) is 9.55 Å². The zero-order valence-electron chi connectivity index (χ0n) is 10.4. The normalized spacial score (nSPS) is 11.1. The van der Waals surface area contributed by atoms with Crippen molar-refractivity contribution in [1.29, 1.82) is 0 Å². The molecule has 4 nitrogen and oxygen atoms in total. The largest absolute Gasteiger partial charge is 0.399 e. The Morgan fingerprint density at radius 2 is 1.74 bits per heavy atom. The van der Waals surface area contributed by atoms with Crippen molar-refractivity contribution in [3.8, 4) is 11.4 Å². The summed E-state index contributed by atoms with van der Waals surface area (Å²) in [5.41, 5.74) is 15.5. The third-order valence-electron chi connectivity index (χ3n) is 3.13. The molecule has 0 radical (unpaired) electrons. The highest BCUT2D eigenvalue weighted by molar-refractivity contribution is 6.35. The van der Waals surface area contributed by atoms with Crippen LogP contribution < -0.4 is 11.5 Å². The Labute approximate surface area is 115 Å². The van der Waals surface area contributed by atoms with Gasteiger partial charge in [0.05, 0.1) is 10.5 Å². The van der Waals surface area contributed by atoms with Gasteiger partial charge < -0.3 is 16.0 Å². The molecule has 0 amide bonds. The van der Waals surface area contributed by atoms with Gasteiger partial charge in [-0.1, -0.05) is 11.6 Å². The Morgan fingerprint density at radius 1 is 1.05 bits per heavy atom. The molecule has 0 saturated heterocycles. The summed E-state index contributed by atoms with van der Waals surface area (Å²) in [6, 6.07) is 11.2. The summed E-state index contributed by atoms with van der Waals surface area (Å²) in [7, 11) is 1.94. The highest BCUT2D eigenvalue weighted by Crippen LogP contribution is 2.30. The molecule has 1 heterocycles. The van der Waals surface area contributed by atoms with Gasteiger partial charge in [-0.05, 0) is 36.4 Å². The molecule has 3 aromatic rings. The number of anilines is 2. The number of benzene rings is 2. The van der Waals surface area contributed by atoms with Gasteiger partial charge in [-0.25, -0.2) is 4.98 Å². The van der Waals surface area contributed by atoms with E-state index in [2.05, 4.69) is 4.98 Å². The monoisotopic (exact) mass is 272 g/mol. The fraction of sp³-hybridized carbons (Fsp3) is 0.0714. The van der Waals surface area contributed by atoms with Gasteiger partial charge in [0.25, 0.3) is 0 Å². The predicted molar refractivity (Wildman–Crippen MR) is 80.0 cm³/mol. The predicted octanol–water partition coefficient (Wildman–Crippen LogP) is 3.06. The molecule has 2 aromatic carbocycles. The lowest BCUT2D eigenvalue weighted by Gasteiger charge is -2.03. The Kier molecular flexibility index (Phi) is 2.61. The quantitative estimate of drug-likeness (QED) is 0.669. The first-order valence-corrected chi connectivity index (χ1v) is 6.21. The number of imidazole rings is 1. The lowest BCUT2D eigenvalue weighted by Crippen LogP contribution is -1.93. The molecule has 0 spiro atoms. The second-order valence-corrected chi connectivity index (χ2v) is 4.89. The van der Waals surface area contributed by atoms with Gasteiger partial charge in [0.15, 0.2) is 0 Å². The van der Waals surface area contributed by atoms with Crippen molar-refractivity contribution in [3.05, 3.63) is 41.4 Å². The summed E-state index contributed by atoms with van der Waals surface area (Å²) in [4.78, 5) is 4.59. The van der Waals surface area contributed by atoms with Crippen LogP contribution in [0.5, 0.6) is 0 Å². The first-order valence-electron chi connectivity index (χ1n) is 5.83. The van der Waals surface area contributed by atoms with E-state index < -0.39 is 0 Å². The molecule has 0 saturated carbocycles. The zero-order chi connectivity index (χ0) is 13.6. The van der Waals surface area contributed by atoms with Crippen molar-refractivity contribution in [2.75, 3.05) is 11.5 Å². The van der Waals surface area contributed by atoms with E-state index in [1.54, 1.807) is 6.07 Å². The minimum absolute atomic E-state index is 0.562. The van der Waals surface area contributed by atoms with Crippen molar-refractivity contribution in [2.45, 2.75) is 0 Å². The molecule has 4 N–H and O–H groups in total. The van der Waals surface area contributed by atoms with Gasteiger partial charge in [0, 0.05) is 24.0 Å². The van der Waals surface area contributed by atoms with E-state index in [0.29, 0.717) is 10.7 Å². The van der Waals surface area contributed by atoms with E-state index >= 15 is 0 Å². The van der Waals surface area contributed by atoms with Crippen molar-refractivity contribution < 1.29 is 0 Å². The smallest absolute Gasteiger partial charge is 0.140 e. The van der Waals surface area contributed by atoms with Crippen LogP contribution in [0.25, 0.3) is 22.4 Å². The third-order valence-corrected chi connectivity index (χ3v) is 3.42. The number of nitrogens with zero attached hydrogens (tertiary/aromatic N) is 2. The van der Waals surface area contributed by atoms with Crippen LogP contribution in [-0.4, -0.2) is 9.55 Å². The van der Waals surface area contributed by atoms with Crippen LogP contribution in [0.2, 0.25) is 5.02 Å². The second kappa shape index (κ2) is 4.17. The minimum Gasteiger partial charge on any atom is -0.399 e. The lowest BCUT2D eigenvalue weighted by atomic mass is 10.2. The van der Waals surface area contributed by atoms with E-state index in [1.165, 1.54) is 0 Å². The molecule has 0 bridgehead atoms. The first kappa shape index (κ1) is 11.9. The number of aryl methyl sites for hydroxylation is 1. The van der Waals surface area contributed by atoms with Gasteiger partial charge in [-0.15, -0.1) is 0 Å². The SMILES string of the molecule is Cn1c(-c2ccc(N)cc2)nc2c(Cl)cc(N)cc21. The number of halogens is 1. The molecule has 0 unspecified atom stereocenters. The number of rotatable bonds is 1. The number of hydrogen-bond donors (Lipinski definition) is 2. The third kappa shape index (κ3) is 1.90. The molecule has 3 rings (SSSR count). The lowest BCUT2D eigenvalue weighted by molar-refractivity contribution is 0.959. The number of nitrogen functional groups attached to an aromatic ring is 2. The van der Waals surface area contributed by atoms with Crippen LogP contribution in [0.15, 0.2) is 36.4 Å². The van der Waals surface area contributed by atoms with Gasteiger partial charge in [-0.2, -0.15) is 0 Å². The summed E-state index contributed by atoms with van der Waals surface area (Å²) in [5, 5.41) is 0.562. The van der Waals surface area contributed by atoms with Crippen LogP contribution in [0, 0.1) is 0 Å². The summed E-state index contributed by atoms with van der Waals surface area (Å²) >= 11 is 6.18. The van der Waals surface area contributed by atoms with Crippen LogP contribution in [0.3, 0.4) is 0 Å². The standard InChI is InChI=1S/C14H13ClN4/c1-19-12-7-10(17)6-11(15)13(12)18-14(19)8-2-4-9(16)5-3-8/h2-7H,16-17H2,1H3. The summed E-state index contributed by atoms with van der Waals surface area (Å²) < 4.78 is 1.98. The molecular weight excluding hydrogens is 260 g/mol. The number of nitrogens with two attached hydrogens (primary N) is 2. The zero-order valence-corrected chi connectivity index (χ0v) is 11.1. The van der Waals surface area contributed by atoms with Crippen LogP contribution in [-0.2, 0) is 7.05 Å². The van der Waals surface area contributed by atoms with E-state index in [0.717, 1.165) is 28.1 Å². The van der Waals surface area contributed by atoms with Crippen LogP contribution >= 0.6 is 11.6 Å². The molecule has 0 aliphatic carbocycles. The van der Waals surface area contributed by atoms with E-state index in [9.17, 15) is 0 Å². The molecular formula is C14H13ClN4.